The van der Waals surface area contributed by atoms with E-state index in [0.717, 1.165) is 66.1 Å². The molecular formula is C38H25NO3. The van der Waals surface area contributed by atoms with E-state index in [1.165, 1.54) is 0 Å². The number of furan rings is 1. The Morgan fingerprint density at radius 3 is 2.02 bits per heavy atom. The molecule has 3 aromatic heterocycles. The number of nitrogens with zero attached hydrogens (tertiary/aromatic N) is 1. The van der Waals surface area contributed by atoms with E-state index < -0.39 is 0 Å². The van der Waals surface area contributed by atoms with Crippen molar-refractivity contribution in [2.45, 2.75) is 6.92 Å². The molecule has 0 spiro atoms. The highest BCUT2D eigenvalue weighted by Crippen LogP contribution is 2.36. The van der Waals surface area contributed by atoms with Crippen LogP contribution in [-0.2, 0) is 0 Å². The third-order valence-electron chi connectivity index (χ3n) is 8.04. The zero-order valence-electron chi connectivity index (χ0n) is 22.9. The monoisotopic (exact) mass is 543 g/mol. The number of aryl methyl sites for hydroxylation is 1. The highest BCUT2D eigenvalue weighted by Gasteiger charge is 2.14. The average molecular weight is 544 g/mol. The second-order valence-electron chi connectivity index (χ2n) is 10.6. The van der Waals surface area contributed by atoms with Crippen molar-refractivity contribution >= 4 is 54.6 Å². The molecule has 8 rings (SSSR count). The van der Waals surface area contributed by atoms with Crippen LogP contribution in [0, 0.1) is 6.92 Å². The summed E-state index contributed by atoms with van der Waals surface area (Å²) >= 11 is 0. The zero-order valence-corrected chi connectivity index (χ0v) is 22.9. The van der Waals surface area contributed by atoms with Gasteiger partial charge in [-0.1, -0.05) is 91.0 Å². The lowest BCUT2D eigenvalue weighted by atomic mass is 10.0. The summed E-state index contributed by atoms with van der Waals surface area (Å²) in [7, 11) is 0. The molecule has 0 N–H and O–H groups in total. The summed E-state index contributed by atoms with van der Waals surface area (Å²) in [4.78, 5) is 13.2. The van der Waals surface area contributed by atoms with Crippen molar-refractivity contribution in [2.75, 3.05) is 0 Å². The van der Waals surface area contributed by atoms with Gasteiger partial charge in [-0.15, -0.1) is 0 Å². The molecule has 0 amide bonds. The van der Waals surface area contributed by atoms with Crippen LogP contribution in [0.3, 0.4) is 0 Å². The van der Waals surface area contributed by atoms with Crippen LogP contribution in [0.5, 0.6) is 0 Å². The zero-order chi connectivity index (χ0) is 28.2. The van der Waals surface area contributed by atoms with Crippen molar-refractivity contribution in [1.82, 2.24) is 4.57 Å². The van der Waals surface area contributed by atoms with Gasteiger partial charge in [-0.3, -0.25) is 0 Å². The lowest BCUT2D eigenvalue weighted by Gasteiger charge is -2.15. The van der Waals surface area contributed by atoms with Gasteiger partial charge in [0.15, 0.2) is 0 Å². The fourth-order valence-electron chi connectivity index (χ4n) is 6.05. The minimum absolute atomic E-state index is 0.343. The summed E-state index contributed by atoms with van der Waals surface area (Å²) in [6, 6.07) is 44.9. The summed E-state index contributed by atoms with van der Waals surface area (Å²) in [5, 5.41) is 5.58. The van der Waals surface area contributed by atoms with Crippen LogP contribution in [0.2, 0.25) is 0 Å². The minimum atomic E-state index is -0.343. The first-order chi connectivity index (χ1) is 20.7. The molecule has 0 aliphatic carbocycles. The SMILES string of the molecule is Cc1cccccc2cc3c(cc2n1-c1ccc(-c2cccc4c2oc2ccccc24)cc1)c(=O)oc1ccccc13. The molecule has 3 heterocycles. The maximum Gasteiger partial charge on any atom is 0.344 e. The van der Waals surface area contributed by atoms with E-state index in [0.29, 0.717) is 11.0 Å². The number of aromatic nitrogens is 1. The predicted molar refractivity (Wildman–Crippen MR) is 172 cm³/mol. The van der Waals surface area contributed by atoms with Gasteiger partial charge in [0.25, 0.3) is 0 Å². The number of hydrogen-bond donors (Lipinski definition) is 0. The highest BCUT2D eigenvalue weighted by atomic mass is 16.4. The van der Waals surface area contributed by atoms with E-state index in [1.54, 1.807) is 0 Å². The van der Waals surface area contributed by atoms with E-state index in [-0.39, 0.29) is 5.63 Å². The van der Waals surface area contributed by atoms with Crippen molar-refractivity contribution in [1.29, 1.82) is 0 Å². The Hall–Kier alpha value is -5.61. The van der Waals surface area contributed by atoms with E-state index in [9.17, 15) is 4.79 Å². The molecule has 0 saturated carbocycles. The summed E-state index contributed by atoms with van der Waals surface area (Å²) < 4.78 is 14.2. The van der Waals surface area contributed by atoms with Crippen molar-refractivity contribution in [2.24, 2.45) is 0 Å². The molecule has 4 nitrogen and oxygen atoms in total. The van der Waals surface area contributed by atoms with Crippen LogP contribution in [-0.4, -0.2) is 4.57 Å². The fourth-order valence-corrected chi connectivity index (χ4v) is 6.05. The van der Waals surface area contributed by atoms with Gasteiger partial charge in [-0.25, -0.2) is 4.79 Å². The van der Waals surface area contributed by atoms with Crippen molar-refractivity contribution in [3.05, 3.63) is 150 Å². The highest BCUT2D eigenvalue weighted by molar-refractivity contribution is 6.10. The largest absolute Gasteiger partial charge is 0.455 e. The lowest BCUT2D eigenvalue weighted by molar-refractivity contribution is 0.570. The third kappa shape index (κ3) is 3.80. The van der Waals surface area contributed by atoms with Gasteiger partial charge >= 0.3 is 5.63 Å². The van der Waals surface area contributed by atoms with Crippen molar-refractivity contribution in [3.8, 4) is 16.8 Å². The first kappa shape index (κ1) is 24.2. The summed E-state index contributed by atoms with van der Waals surface area (Å²) in [5.74, 6) is 0. The van der Waals surface area contributed by atoms with Crippen LogP contribution >= 0.6 is 0 Å². The molecule has 0 radical (unpaired) electrons. The van der Waals surface area contributed by atoms with Crippen LogP contribution in [0.25, 0.3) is 71.4 Å². The second kappa shape index (κ2) is 9.50. The van der Waals surface area contributed by atoms with Gasteiger partial charge < -0.3 is 13.4 Å². The second-order valence-corrected chi connectivity index (χ2v) is 10.6. The standard InChI is InChI=1S/C38H25NO3/c1-24-10-3-2-4-11-26-22-32-30-13-6-8-17-36(30)42-38(40)33(32)23-34(26)39(24)27-20-18-25(19-21-27)28-14-9-15-31-29-12-5-7-16-35(29)41-37(28)31/h2-23H,1H3. The third-order valence-corrected chi connectivity index (χ3v) is 8.04. The molecule has 0 atom stereocenters. The lowest BCUT2D eigenvalue weighted by Crippen LogP contribution is -2.03. The molecule has 200 valence electrons. The molecule has 5 aromatic carbocycles. The maximum atomic E-state index is 13.2. The molecule has 0 aliphatic rings. The van der Waals surface area contributed by atoms with Crippen LogP contribution in [0.15, 0.2) is 147 Å². The normalized spacial score (nSPS) is 11.5. The first-order valence-corrected chi connectivity index (χ1v) is 14.0. The van der Waals surface area contributed by atoms with Crippen LogP contribution in [0.4, 0.5) is 0 Å². The van der Waals surface area contributed by atoms with Crippen LogP contribution < -0.4 is 5.63 Å². The topological polar surface area (TPSA) is 48.3 Å². The van der Waals surface area contributed by atoms with Gasteiger partial charge in [0.05, 0.1) is 10.9 Å². The van der Waals surface area contributed by atoms with Gasteiger partial charge in [0.1, 0.15) is 16.7 Å². The van der Waals surface area contributed by atoms with E-state index in [1.807, 2.05) is 66.7 Å². The Balaban J connectivity index is 1.37. The summed E-state index contributed by atoms with van der Waals surface area (Å²) in [6.45, 7) is 2.08. The summed E-state index contributed by atoms with van der Waals surface area (Å²) in [6.07, 6.45) is 0. The molecule has 8 aromatic rings. The number of fused-ring (bicyclic) bond motifs is 7. The molecule has 0 unspecified atom stereocenters. The molecule has 4 heteroatoms. The molecular weight excluding hydrogens is 518 g/mol. The average Bonchev–Trinajstić information content (AvgIpc) is 3.43. The number of benzene rings is 5. The van der Waals surface area contributed by atoms with Crippen LogP contribution in [0.1, 0.15) is 5.69 Å². The number of para-hydroxylation sites is 3. The first-order valence-electron chi connectivity index (χ1n) is 14.0. The predicted octanol–water partition coefficient (Wildman–Crippen LogP) is 9.89. The molecule has 0 fully saturated rings. The Bertz CT molecular complexity index is 2440. The Morgan fingerprint density at radius 2 is 1.21 bits per heavy atom. The quantitative estimate of drug-likeness (QED) is 0.161. The smallest absolute Gasteiger partial charge is 0.344 e. The van der Waals surface area contributed by atoms with Gasteiger partial charge in [-0.05, 0) is 60.3 Å². The van der Waals surface area contributed by atoms with Gasteiger partial charge in [0, 0.05) is 38.5 Å². The Labute approximate surface area is 241 Å². The van der Waals surface area contributed by atoms with Crippen molar-refractivity contribution in [3.63, 3.8) is 0 Å². The Morgan fingerprint density at radius 1 is 0.548 bits per heavy atom. The van der Waals surface area contributed by atoms with E-state index >= 15 is 0 Å². The van der Waals surface area contributed by atoms with E-state index in [2.05, 4.69) is 78.2 Å². The summed E-state index contributed by atoms with van der Waals surface area (Å²) in [5.41, 5.74) is 7.05. The van der Waals surface area contributed by atoms with Crippen molar-refractivity contribution < 1.29 is 8.83 Å². The van der Waals surface area contributed by atoms with Gasteiger partial charge in [-0.2, -0.15) is 0 Å². The number of hydrogen-bond acceptors (Lipinski definition) is 3. The Kier molecular flexibility index (Phi) is 5.47. The number of rotatable bonds is 2. The maximum absolute atomic E-state index is 13.2. The molecule has 42 heavy (non-hydrogen) atoms. The molecule has 0 aliphatic heterocycles. The molecule has 0 saturated heterocycles. The van der Waals surface area contributed by atoms with E-state index in [4.69, 9.17) is 8.83 Å². The fraction of sp³-hybridized carbons (Fsp3) is 0.0263. The minimum Gasteiger partial charge on any atom is -0.455 e. The molecule has 0 bridgehead atoms. The van der Waals surface area contributed by atoms with Gasteiger partial charge in [0.2, 0.25) is 0 Å².